The van der Waals surface area contributed by atoms with Crippen molar-refractivity contribution in [3.8, 4) is 11.4 Å². The summed E-state index contributed by atoms with van der Waals surface area (Å²) in [5.74, 6) is 1.26. The van der Waals surface area contributed by atoms with Gasteiger partial charge in [-0.25, -0.2) is 0 Å². The Labute approximate surface area is 181 Å². The molecule has 7 heteroatoms. The van der Waals surface area contributed by atoms with Crippen LogP contribution >= 0.6 is 0 Å². The lowest BCUT2D eigenvalue weighted by Gasteiger charge is -2.18. The maximum Gasteiger partial charge on any atom is 0.254 e. The van der Waals surface area contributed by atoms with Gasteiger partial charge < -0.3 is 14.4 Å². The van der Waals surface area contributed by atoms with Gasteiger partial charge in [0.05, 0.1) is 5.56 Å². The first kappa shape index (κ1) is 20.8. The van der Waals surface area contributed by atoms with Crippen LogP contribution < -0.4 is 5.32 Å². The number of pyridine rings is 1. The molecule has 1 aromatic carbocycles. The van der Waals surface area contributed by atoms with Crippen molar-refractivity contribution in [1.29, 1.82) is 0 Å². The zero-order chi connectivity index (χ0) is 22.0. The van der Waals surface area contributed by atoms with Gasteiger partial charge in [-0.2, -0.15) is 4.98 Å². The minimum Gasteiger partial charge on any atom is -0.346 e. The van der Waals surface area contributed by atoms with Crippen molar-refractivity contribution in [1.82, 2.24) is 25.0 Å². The van der Waals surface area contributed by atoms with E-state index in [1.807, 2.05) is 56.4 Å². The molecule has 0 aliphatic carbocycles. The minimum atomic E-state index is -0.400. The third kappa shape index (κ3) is 4.35. The fourth-order valence-corrected chi connectivity index (χ4v) is 3.68. The van der Waals surface area contributed by atoms with Crippen LogP contribution in [0.3, 0.4) is 0 Å². The summed E-state index contributed by atoms with van der Waals surface area (Å²) in [5, 5.41) is 8.14. The van der Waals surface area contributed by atoms with Crippen molar-refractivity contribution < 1.29 is 9.32 Å². The largest absolute Gasteiger partial charge is 0.346 e. The Balaban J connectivity index is 1.63. The molecule has 1 amide bonds. The number of carbonyl (C=O) groups excluding carboxylic acids is 1. The van der Waals surface area contributed by atoms with Gasteiger partial charge >= 0.3 is 0 Å². The molecule has 7 nitrogen and oxygen atoms in total. The average Bonchev–Trinajstić information content (AvgIpc) is 3.38. The van der Waals surface area contributed by atoms with Crippen LogP contribution in [0, 0.1) is 11.8 Å². The predicted molar refractivity (Wildman–Crippen MR) is 119 cm³/mol. The topological polar surface area (TPSA) is 85.8 Å². The van der Waals surface area contributed by atoms with E-state index in [1.165, 1.54) is 0 Å². The lowest BCUT2D eigenvalue weighted by Crippen LogP contribution is -2.32. The fourth-order valence-electron chi connectivity index (χ4n) is 3.68. The molecule has 0 aliphatic rings. The fraction of sp³-hybridized carbons (Fsp3) is 0.333. The summed E-state index contributed by atoms with van der Waals surface area (Å²) in [4.78, 5) is 21.8. The zero-order valence-corrected chi connectivity index (χ0v) is 18.2. The van der Waals surface area contributed by atoms with E-state index in [0.717, 1.165) is 23.0 Å². The number of fused-ring (bicyclic) bond motifs is 1. The van der Waals surface area contributed by atoms with E-state index >= 15 is 0 Å². The summed E-state index contributed by atoms with van der Waals surface area (Å²) in [5.41, 5.74) is 2.52. The second-order valence-electron chi connectivity index (χ2n) is 8.49. The molecule has 3 aromatic heterocycles. The number of aromatic nitrogens is 4. The second kappa shape index (κ2) is 8.71. The Morgan fingerprint density at radius 2 is 1.84 bits per heavy atom. The Morgan fingerprint density at radius 1 is 1.10 bits per heavy atom. The number of rotatable bonds is 7. The third-order valence-electron chi connectivity index (χ3n) is 5.19. The Kier molecular flexibility index (Phi) is 5.84. The average molecular weight is 418 g/mol. The van der Waals surface area contributed by atoms with Crippen LogP contribution in [0.2, 0.25) is 0 Å². The van der Waals surface area contributed by atoms with E-state index in [1.54, 1.807) is 12.4 Å². The molecule has 1 N–H and O–H groups in total. The highest BCUT2D eigenvalue weighted by molar-refractivity contribution is 6.07. The van der Waals surface area contributed by atoms with E-state index in [9.17, 15) is 4.79 Å². The highest BCUT2D eigenvalue weighted by atomic mass is 16.5. The van der Waals surface area contributed by atoms with E-state index < -0.39 is 6.04 Å². The molecule has 1 unspecified atom stereocenters. The first-order valence-corrected chi connectivity index (χ1v) is 10.6. The number of benzene rings is 1. The Morgan fingerprint density at radius 3 is 2.55 bits per heavy atom. The van der Waals surface area contributed by atoms with Crippen molar-refractivity contribution in [2.75, 3.05) is 0 Å². The molecule has 0 saturated heterocycles. The van der Waals surface area contributed by atoms with Crippen molar-refractivity contribution in [2.24, 2.45) is 11.8 Å². The van der Waals surface area contributed by atoms with E-state index in [4.69, 9.17) is 4.52 Å². The molecule has 1 atom stereocenters. The van der Waals surface area contributed by atoms with Gasteiger partial charge in [-0.1, -0.05) is 51.1 Å². The molecule has 0 bridgehead atoms. The van der Waals surface area contributed by atoms with Crippen LogP contribution in [-0.4, -0.2) is 25.6 Å². The van der Waals surface area contributed by atoms with Crippen LogP contribution in [0.15, 0.2) is 59.5 Å². The summed E-state index contributed by atoms with van der Waals surface area (Å²) in [6, 6.07) is 11.2. The van der Waals surface area contributed by atoms with Crippen LogP contribution in [0.25, 0.3) is 22.3 Å². The van der Waals surface area contributed by atoms with Gasteiger partial charge in [0.15, 0.2) is 0 Å². The van der Waals surface area contributed by atoms with Gasteiger partial charge in [0.25, 0.3) is 5.91 Å². The van der Waals surface area contributed by atoms with Gasteiger partial charge in [0.2, 0.25) is 11.7 Å². The molecule has 0 fully saturated rings. The quantitative estimate of drug-likeness (QED) is 0.464. The summed E-state index contributed by atoms with van der Waals surface area (Å²) in [6.45, 7) is 9.21. The van der Waals surface area contributed by atoms with Gasteiger partial charge in [0, 0.05) is 41.6 Å². The smallest absolute Gasteiger partial charge is 0.254 e. The molecule has 31 heavy (non-hydrogen) atoms. The first-order chi connectivity index (χ1) is 14.9. The predicted octanol–water partition coefficient (Wildman–Crippen LogP) is 4.87. The van der Waals surface area contributed by atoms with Crippen LogP contribution in [0.5, 0.6) is 0 Å². The molecule has 4 rings (SSSR count). The maximum absolute atomic E-state index is 13.3. The molecule has 0 saturated carbocycles. The number of nitrogens with zero attached hydrogens (tertiary/aromatic N) is 4. The normalized spacial score (nSPS) is 12.6. The molecule has 160 valence electrons. The first-order valence-electron chi connectivity index (χ1n) is 10.6. The number of nitrogens with one attached hydrogen (secondary N) is 1. The molecule has 0 spiro atoms. The van der Waals surface area contributed by atoms with E-state index in [0.29, 0.717) is 23.2 Å². The second-order valence-corrected chi connectivity index (χ2v) is 8.49. The van der Waals surface area contributed by atoms with Gasteiger partial charge in [-0.05, 0) is 30.0 Å². The van der Waals surface area contributed by atoms with Gasteiger partial charge in [0.1, 0.15) is 6.04 Å². The summed E-state index contributed by atoms with van der Waals surface area (Å²) >= 11 is 0. The van der Waals surface area contributed by atoms with Gasteiger partial charge in [-0.3, -0.25) is 9.78 Å². The van der Waals surface area contributed by atoms with Gasteiger partial charge in [-0.15, -0.1) is 0 Å². The lowest BCUT2D eigenvalue weighted by molar-refractivity contribution is 0.0915. The summed E-state index contributed by atoms with van der Waals surface area (Å²) in [7, 11) is 0. The zero-order valence-electron chi connectivity index (χ0n) is 18.2. The summed E-state index contributed by atoms with van der Waals surface area (Å²) in [6.07, 6.45) is 5.30. The molecule has 4 aromatic rings. The highest BCUT2D eigenvalue weighted by Gasteiger charge is 2.27. The highest BCUT2D eigenvalue weighted by Crippen LogP contribution is 2.26. The van der Waals surface area contributed by atoms with Crippen LogP contribution in [0.1, 0.15) is 50.0 Å². The number of hydrogen-bond acceptors (Lipinski definition) is 5. The standard InChI is InChI=1S/C24H27N5O2/c1-15(2)13-29-14-19(18-7-5-6-8-20(18)29)23(30)26-21(16(3)4)24-27-22(28-31-24)17-9-11-25-12-10-17/h5-12,14-16,21H,13H2,1-4H3,(H,26,30). The van der Waals surface area contributed by atoms with Crippen molar-refractivity contribution in [2.45, 2.75) is 40.3 Å². The lowest BCUT2D eigenvalue weighted by atomic mass is 10.0. The van der Waals surface area contributed by atoms with E-state index in [-0.39, 0.29) is 11.8 Å². The number of para-hydroxylation sites is 1. The summed E-state index contributed by atoms with van der Waals surface area (Å²) < 4.78 is 7.67. The number of amides is 1. The number of carbonyl (C=O) groups is 1. The molecule has 0 radical (unpaired) electrons. The van der Waals surface area contributed by atoms with Crippen molar-refractivity contribution >= 4 is 16.8 Å². The number of hydrogen-bond donors (Lipinski definition) is 1. The van der Waals surface area contributed by atoms with Crippen molar-refractivity contribution in [3.63, 3.8) is 0 Å². The molecular weight excluding hydrogens is 390 g/mol. The third-order valence-corrected chi connectivity index (χ3v) is 5.19. The van der Waals surface area contributed by atoms with Crippen LogP contribution in [-0.2, 0) is 6.54 Å². The SMILES string of the molecule is CC(C)Cn1cc(C(=O)NC(c2nc(-c3ccncc3)no2)C(C)C)c2ccccc21. The Bertz CT molecular complexity index is 1180. The molecular formula is C24H27N5O2. The monoisotopic (exact) mass is 417 g/mol. The molecule has 0 aliphatic heterocycles. The van der Waals surface area contributed by atoms with Crippen molar-refractivity contribution in [3.05, 3.63) is 66.4 Å². The van der Waals surface area contributed by atoms with E-state index in [2.05, 4.69) is 38.9 Å². The molecule has 3 heterocycles. The van der Waals surface area contributed by atoms with Crippen LogP contribution in [0.4, 0.5) is 0 Å². The Hall–Kier alpha value is -3.48. The maximum atomic E-state index is 13.3. The minimum absolute atomic E-state index is 0.0682.